The minimum atomic E-state index is -5.42. The molecule has 0 atom stereocenters. The van der Waals surface area contributed by atoms with Gasteiger partial charge in [-0.1, -0.05) is 18.2 Å². The van der Waals surface area contributed by atoms with E-state index in [4.69, 9.17) is 13.0 Å². The van der Waals surface area contributed by atoms with Crippen molar-refractivity contribution in [1.82, 2.24) is 0 Å². The molecule has 4 rings (SSSR count). The highest BCUT2D eigenvalue weighted by atomic mass is 32.3. The second kappa shape index (κ2) is 6.26. The highest BCUT2D eigenvalue weighted by Gasteiger charge is 2.29. The molecule has 0 N–H and O–H groups in total. The average Bonchev–Trinajstić information content (AvgIpc) is 2.53. The number of halogens is 1. The Morgan fingerprint density at radius 2 is 1.58 bits per heavy atom. The summed E-state index contributed by atoms with van der Waals surface area (Å²) in [5.74, 6) is 1.41. The number of fused-ring (bicyclic) bond motifs is 4. The molecule has 3 nitrogen and oxygen atoms in total. The molecule has 0 fully saturated rings. The van der Waals surface area contributed by atoms with Crippen molar-refractivity contribution in [3.63, 3.8) is 0 Å². The zero-order valence-electron chi connectivity index (χ0n) is 13.0. The lowest BCUT2D eigenvalue weighted by Crippen LogP contribution is -2.12. The van der Waals surface area contributed by atoms with E-state index in [-0.39, 0.29) is 0 Å². The summed E-state index contributed by atoms with van der Waals surface area (Å²) in [6.07, 6.45) is 1.05. The van der Waals surface area contributed by atoms with Gasteiger partial charge in [0.05, 0.1) is 17.5 Å². The summed E-state index contributed by atoms with van der Waals surface area (Å²) in [5, 5.41) is 2.74. The summed E-state index contributed by atoms with van der Waals surface area (Å²) >= 11 is 0. The summed E-state index contributed by atoms with van der Waals surface area (Å²) in [6.45, 7) is 2.24. The van der Waals surface area contributed by atoms with E-state index in [1.807, 2.05) is 0 Å². The predicted molar refractivity (Wildman–Crippen MR) is 91.1 cm³/mol. The third kappa shape index (κ3) is 3.42. The molecule has 0 bridgehead atoms. The normalized spacial score (nSPS) is 12.9. The fraction of sp³-hybridized carbons (Fsp3) is 0.105. The van der Waals surface area contributed by atoms with Gasteiger partial charge in [0, 0.05) is 34.6 Å². The van der Waals surface area contributed by atoms with E-state index in [2.05, 4.69) is 67.6 Å². The quantitative estimate of drug-likeness (QED) is 0.350. The van der Waals surface area contributed by atoms with Gasteiger partial charge in [0.25, 0.3) is 10.5 Å². The van der Waals surface area contributed by atoms with E-state index in [1.54, 1.807) is 0 Å². The molecule has 0 radical (unpaired) electrons. The molecule has 5 heteroatoms. The molecule has 0 unspecified atom stereocenters. The predicted octanol–water partition coefficient (Wildman–Crippen LogP) is 4.15. The van der Waals surface area contributed by atoms with Crippen molar-refractivity contribution < 1.29 is 16.9 Å². The molecule has 0 amide bonds. The van der Waals surface area contributed by atoms with Crippen LogP contribution in [0.1, 0.15) is 29.2 Å². The first-order valence-electron chi connectivity index (χ1n) is 7.43. The largest absolute Gasteiger partial charge is 0.722 e. The van der Waals surface area contributed by atoms with Gasteiger partial charge in [-0.25, -0.2) is 8.42 Å². The van der Waals surface area contributed by atoms with Crippen molar-refractivity contribution in [1.29, 1.82) is 0 Å². The van der Waals surface area contributed by atoms with Crippen molar-refractivity contribution in [2.24, 2.45) is 0 Å². The number of hydrogen-bond donors (Lipinski definition) is 0. The highest BCUT2D eigenvalue weighted by molar-refractivity contribution is 7.80. The topological polar surface area (TPSA) is 57.2 Å². The second-order valence-electron chi connectivity index (χ2n) is 5.66. The van der Waals surface area contributed by atoms with E-state index < -0.39 is 10.5 Å². The maximum Gasteiger partial charge on any atom is 0.255 e. The molecule has 1 aliphatic carbocycles. The SMILES string of the molecule is C[C+]1c2ccccc2Cc2c1ccc1ccccc21.O=S(=O)([O-])F. The van der Waals surface area contributed by atoms with Crippen LogP contribution in [0.2, 0.25) is 0 Å². The monoisotopic (exact) mass is 342 g/mol. The number of benzene rings is 3. The summed E-state index contributed by atoms with van der Waals surface area (Å²) in [4.78, 5) is 0. The van der Waals surface area contributed by atoms with E-state index in [0.717, 1.165) is 6.42 Å². The van der Waals surface area contributed by atoms with E-state index in [0.29, 0.717) is 0 Å². The van der Waals surface area contributed by atoms with Gasteiger partial charge in [0.1, 0.15) is 0 Å². The van der Waals surface area contributed by atoms with Crippen LogP contribution in [0.5, 0.6) is 0 Å². The molecule has 0 heterocycles. The van der Waals surface area contributed by atoms with Crippen molar-refractivity contribution in [2.45, 2.75) is 13.3 Å². The molecule has 24 heavy (non-hydrogen) atoms. The maximum atomic E-state index is 10.1. The summed E-state index contributed by atoms with van der Waals surface area (Å²) in [7, 11) is -5.42. The standard InChI is InChI=1S/C19H15.FHO3S/c1-13-16-8-4-3-7-15(16)12-19-17(13)11-10-14-6-2-5-9-18(14)19;1-5(2,3)4/h2-11H,12H2,1H3;(H,2,3,4)/q+1;/p-1. The van der Waals surface area contributed by atoms with Crippen LogP contribution in [0.4, 0.5) is 3.89 Å². The van der Waals surface area contributed by atoms with Crippen molar-refractivity contribution in [3.05, 3.63) is 88.8 Å². The Hall–Kier alpha value is -2.37. The van der Waals surface area contributed by atoms with E-state index in [9.17, 15) is 3.89 Å². The first-order chi connectivity index (χ1) is 11.3. The van der Waals surface area contributed by atoms with E-state index in [1.165, 1.54) is 38.9 Å². The van der Waals surface area contributed by atoms with Gasteiger partial charge in [-0.05, 0) is 42.6 Å². The van der Waals surface area contributed by atoms with Gasteiger partial charge in [0.2, 0.25) is 0 Å². The van der Waals surface area contributed by atoms with E-state index >= 15 is 0 Å². The Balaban J connectivity index is 0.000000300. The smallest absolute Gasteiger partial charge is 0.255 e. The Bertz CT molecular complexity index is 988. The van der Waals surface area contributed by atoms with Crippen molar-refractivity contribution in [3.8, 4) is 0 Å². The lowest BCUT2D eigenvalue weighted by Gasteiger charge is -2.20. The van der Waals surface area contributed by atoms with Crippen LogP contribution in [0.25, 0.3) is 10.8 Å². The van der Waals surface area contributed by atoms with Gasteiger partial charge < -0.3 is 4.55 Å². The maximum absolute atomic E-state index is 10.1. The molecule has 0 aromatic heterocycles. The molecule has 3 aromatic rings. The van der Waals surface area contributed by atoms with Gasteiger partial charge in [-0.15, -0.1) is 3.89 Å². The molecular formula is C19H15FO3S. The molecule has 0 aliphatic heterocycles. The van der Waals surface area contributed by atoms with Crippen LogP contribution in [-0.4, -0.2) is 13.0 Å². The highest BCUT2D eigenvalue weighted by Crippen LogP contribution is 2.38. The Morgan fingerprint density at radius 3 is 2.33 bits per heavy atom. The molecular weight excluding hydrogens is 327 g/mol. The third-order valence-corrected chi connectivity index (χ3v) is 4.23. The van der Waals surface area contributed by atoms with Crippen LogP contribution in [-0.2, 0) is 16.9 Å². The van der Waals surface area contributed by atoms with Crippen LogP contribution in [0.15, 0.2) is 60.7 Å². The van der Waals surface area contributed by atoms with Crippen LogP contribution >= 0.6 is 0 Å². The Morgan fingerprint density at radius 1 is 0.958 bits per heavy atom. The zero-order chi connectivity index (χ0) is 17.3. The van der Waals surface area contributed by atoms with Gasteiger partial charge in [0.15, 0.2) is 0 Å². The second-order valence-corrected chi connectivity index (χ2v) is 6.45. The molecule has 122 valence electrons. The lowest BCUT2D eigenvalue weighted by atomic mass is 9.77. The molecule has 0 saturated heterocycles. The van der Waals surface area contributed by atoms with Crippen molar-refractivity contribution >= 4 is 21.3 Å². The van der Waals surface area contributed by atoms with Crippen LogP contribution in [0, 0.1) is 5.92 Å². The number of rotatable bonds is 0. The zero-order valence-corrected chi connectivity index (χ0v) is 13.8. The molecule has 0 spiro atoms. The minimum absolute atomic E-state index is 1.05. The summed E-state index contributed by atoms with van der Waals surface area (Å²) in [5.41, 5.74) is 5.75. The summed E-state index contributed by atoms with van der Waals surface area (Å²) in [6, 6.07) is 22.0. The number of hydrogen-bond acceptors (Lipinski definition) is 3. The van der Waals surface area contributed by atoms with Gasteiger partial charge in [-0.2, -0.15) is 0 Å². The van der Waals surface area contributed by atoms with Crippen LogP contribution in [0.3, 0.4) is 0 Å². The van der Waals surface area contributed by atoms with Gasteiger partial charge >= 0.3 is 0 Å². The Kier molecular flexibility index (Phi) is 4.30. The average molecular weight is 342 g/mol. The van der Waals surface area contributed by atoms with Crippen LogP contribution < -0.4 is 0 Å². The molecule has 3 aromatic carbocycles. The first kappa shape index (κ1) is 16.5. The first-order valence-corrected chi connectivity index (χ1v) is 8.74. The fourth-order valence-corrected chi connectivity index (χ4v) is 3.25. The lowest BCUT2D eigenvalue weighted by molar-refractivity contribution is 0.417. The molecule has 1 aliphatic rings. The summed E-state index contributed by atoms with van der Waals surface area (Å²) < 4.78 is 35.3. The third-order valence-electron chi connectivity index (χ3n) is 4.23. The molecule has 0 saturated carbocycles. The Labute approximate surface area is 140 Å². The minimum Gasteiger partial charge on any atom is -0.722 e. The fourth-order valence-electron chi connectivity index (χ4n) is 3.25. The van der Waals surface area contributed by atoms with Gasteiger partial charge in [-0.3, -0.25) is 0 Å². The van der Waals surface area contributed by atoms with Crippen molar-refractivity contribution in [2.75, 3.05) is 0 Å².